The zero-order valence-electron chi connectivity index (χ0n) is 22.3. The van der Waals surface area contributed by atoms with Crippen LogP contribution in [0.3, 0.4) is 0 Å². The van der Waals surface area contributed by atoms with E-state index >= 15 is 0 Å². The lowest BCUT2D eigenvalue weighted by Gasteiger charge is -2.18. The molecule has 0 saturated carbocycles. The summed E-state index contributed by atoms with van der Waals surface area (Å²) in [4.78, 5) is 25.2. The van der Waals surface area contributed by atoms with Crippen molar-refractivity contribution in [3.8, 4) is 28.0 Å². The quantitative estimate of drug-likeness (QED) is 0.151. The maximum absolute atomic E-state index is 13.8. The molecule has 0 bridgehead atoms. The van der Waals surface area contributed by atoms with Gasteiger partial charge in [-0.3, -0.25) is 0 Å². The Morgan fingerprint density at radius 3 is 1.85 bits per heavy atom. The number of halogens is 4. The third-order valence-electron chi connectivity index (χ3n) is 6.10. The fourth-order valence-corrected chi connectivity index (χ4v) is 4.20. The third-order valence-corrected chi connectivity index (χ3v) is 6.10. The predicted molar refractivity (Wildman–Crippen MR) is 145 cm³/mol. The summed E-state index contributed by atoms with van der Waals surface area (Å²) in [5, 5.41) is 0. The maximum Gasteiger partial charge on any atom is 0.416 e. The molecule has 0 spiro atoms. The number of esters is 2. The lowest BCUT2D eigenvalue weighted by Crippen LogP contribution is -2.10. The molecule has 5 nitrogen and oxygen atoms in total. The summed E-state index contributed by atoms with van der Waals surface area (Å²) in [5.41, 5.74) is 1.22. The molecule has 0 radical (unpaired) electrons. The van der Waals surface area contributed by atoms with Gasteiger partial charge >= 0.3 is 18.1 Å². The largest absolute Gasteiger partial charge is 0.488 e. The Morgan fingerprint density at radius 2 is 1.29 bits per heavy atom. The van der Waals surface area contributed by atoms with E-state index in [0.717, 1.165) is 12.1 Å². The van der Waals surface area contributed by atoms with Gasteiger partial charge in [-0.2, -0.15) is 13.2 Å². The highest BCUT2D eigenvalue weighted by Gasteiger charge is 2.32. The molecule has 212 valence electrons. The SMILES string of the molecule is CCOC(=O)c1cc(C(=O)OCC)cc(-c2ccccc2-c2cc(C(F)(F)F)ccc2OCc2ccc(F)cc2)c1. The third kappa shape index (κ3) is 7.11. The molecule has 41 heavy (non-hydrogen) atoms. The fourth-order valence-electron chi connectivity index (χ4n) is 4.20. The van der Waals surface area contributed by atoms with Crippen LogP contribution < -0.4 is 4.74 Å². The van der Waals surface area contributed by atoms with Crippen LogP contribution in [-0.2, 0) is 22.3 Å². The summed E-state index contributed by atoms with van der Waals surface area (Å²) in [5.74, 6) is -1.60. The van der Waals surface area contributed by atoms with Crippen molar-refractivity contribution in [1.82, 2.24) is 0 Å². The molecule has 4 aromatic carbocycles. The van der Waals surface area contributed by atoms with Gasteiger partial charge in [0.15, 0.2) is 0 Å². The molecule has 0 amide bonds. The van der Waals surface area contributed by atoms with Gasteiger partial charge in [0, 0.05) is 5.56 Å². The van der Waals surface area contributed by atoms with E-state index in [-0.39, 0.29) is 42.3 Å². The minimum Gasteiger partial charge on any atom is -0.488 e. The van der Waals surface area contributed by atoms with Gasteiger partial charge in [0.25, 0.3) is 0 Å². The second-order valence-corrected chi connectivity index (χ2v) is 8.91. The van der Waals surface area contributed by atoms with E-state index in [1.165, 1.54) is 48.5 Å². The summed E-state index contributed by atoms with van der Waals surface area (Å²) in [6.07, 6.45) is -4.62. The van der Waals surface area contributed by atoms with Gasteiger partial charge < -0.3 is 14.2 Å². The van der Waals surface area contributed by atoms with Crippen molar-refractivity contribution in [2.45, 2.75) is 26.6 Å². The van der Waals surface area contributed by atoms with Crippen LogP contribution in [0.4, 0.5) is 17.6 Å². The molecule has 0 aliphatic carbocycles. The van der Waals surface area contributed by atoms with Crippen LogP contribution in [0, 0.1) is 5.82 Å². The summed E-state index contributed by atoms with van der Waals surface area (Å²) in [6.45, 7) is 3.47. The Morgan fingerprint density at radius 1 is 0.707 bits per heavy atom. The molecule has 0 saturated heterocycles. The van der Waals surface area contributed by atoms with Crippen LogP contribution in [0.5, 0.6) is 5.75 Å². The van der Waals surface area contributed by atoms with Gasteiger partial charge in [-0.05, 0) is 84.6 Å². The van der Waals surface area contributed by atoms with Gasteiger partial charge in [-0.1, -0.05) is 36.4 Å². The molecule has 4 rings (SSSR count). The summed E-state index contributed by atoms with van der Waals surface area (Å²) in [6, 6.07) is 19.7. The van der Waals surface area contributed by atoms with Gasteiger partial charge in [0.05, 0.1) is 29.9 Å². The normalized spacial score (nSPS) is 11.2. The maximum atomic E-state index is 13.8. The molecular weight excluding hydrogens is 540 g/mol. The molecule has 0 aliphatic heterocycles. The van der Waals surface area contributed by atoms with E-state index in [2.05, 4.69) is 0 Å². The van der Waals surface area contributed by atoms with Gasteiger partial charge in [0.2, 0.25) is 0 Å². The number of alkyl halides is 3. The Bertz CT molecular complexity index is 1510. The van der Waals surface area contributed by atoms with Crippen molar-refractivity contribution < 1.29 is 41.4 Å². The van der Waals surface area contributed by atoms with Crippen molar-refractivity contribution in [2.75, 3.05) is 13.2 Å². The first-order valence-corrected chi connectivity index (χ1v) is 12.8. The van der Waals surface area contributed by atoms with E-state index in [9.17, 15) is 27.2 Å². The van der Waals surface area contributed by atoms with Crippen LogP contribution >= 0.6 is 0 Å². The fraction of sp³-hybridized carbons (Fsp3) is 0.188. The molecule has 9 heteroatoms. The molecule has 0 atom stereocenters. The Labute approximate surface area is 234 Å². The molecule has 0 heterocycles. The summed E-state index contributed by atoms with van der Waals surface area (Å²) >= 11 is 0. The molecular formula is C32H26F4O5. The molecule has 0 unspecified atom stereocenters. The predicted octanol–water partition coefficient (Wildman–Crippen LogP) is 8.11. The smallest absolute Gasteiger partial charge is 0.416 e. The highest BCUT2D eigenvalue weighted by molar-refractivity contribution is 5.99. The topological polar surface area (TPSA) is 61.8 Å². The number of carbonyl (C=O) groups is 2. The zero-order valence-corrected chi connectivity index (χ0v) is 22.3. The van der Waals surface area contributed by atoms with Gasteiger partial charge in [0.1, 0.15) is 18.2 Å². The average molecular weight is 567 g/mol. The number of carbonyl (C=O) groups excluding carboxylic acids is 2. The van der Waals surface area contributed by atoms with Crippen LogP contribution in [0.15, 0.2) is 84.9 Å². The van der Waals surface area contributed by atoms with Crippen molar-refractivity contribution >= 4 is 11.9 Å². The number of hydrogen-bond acceptors (Lipinski definition) is 5. The van der Waals surface area contributed by atoms with E-state index in [1.807, 2.05) is 0 Å². The Hall–Kier alpha value is -4.66. The highest BCUT2D eigenvalue weighted by atomic mass is 19.4. The second-order valence-electron chi connectivity index (χ2n) is 8.91. The molecule has 0 aromatic heterocycles. The van der Waals surface area contributed by atoms with Crippen molar-refractivity contribution in [1.29, 1.82) is 0 Å². The first-order valence-electron chi connectivity index (χ1n) is 12.8. The summed E-state index contributed by atoms with van der Waals surface area (Å²) < 4.78 is 70.8. The number of hydrogen-bond donors (Lipinski definition) is 0. The molecule has 4 aromatic rings. The van der Waals surface area contributed by atoms with Crippen molar-refractivity contribution in [3.63, 3.8) is 0 Å². The van der Waals surface area contributed by atoms with E-state index < -0.39 is 29.5 Å². The van der Waals surface area contributed by atoms with Gasteiger partial charge in [-0.25, -0.2) is 14.0 Å². The number of ether oxygens (including phenoxy) is 3. The average Bonchev–Trinajstić information content (AvgIpc) is 2.96. The monoisotopic (exact) mass is 566 g/mol. The van der Waals surface area contributed by atoms with Crippen molar-refractivity contribution in [2.24, 2.45) is 0 Å². The van der Waals surface area contributed by atoms with Gasteiger partial charge in [-0.15, -0.1) is 0 Å². The number of benzene rings is 4. The number of rotatable bonds is 9. The van der Waals surface area contributed by atoms with Crippen molar-refractivity contribution in [3.05, 3.63) is 113 Å². The first kappa shape index (κ1) is 29.3. The molecule has 0 N–H and O–H groups in total. The van der Waals surface area contributed by atoms with E-state index in [4.69, 9.17) is 14.2 Å². The van der Waals surface area contributed by atoms with E-state index in [0.29, 0.717) is 22.3 Å². The standard InChI is InChI=1S/C32H26F4O5/c1-3-39-30(37)22-15-21(16-23(17-22)31(38)40-4-2)26-7-5-6-8-27(26)28-18-24(32(34,35)36)11-14-29(28)41-19-20-9-12-25(33)13-10-20/h5-18H,3-4,19H2,1-2H3. The first-order chi connectivity index (χ1) is 19.6. The zero-order chi connectivity index (χ0) is 29.6. The van der Waals surface area contributed by atoms with Crippen LogP contribution in [0.1, 0.15) is 45.7 Å². The van der Waals surface area contributed by atoms with Crippen LogP contribution in [0.2, 0.25) is 0 Å². The van der Waals surface area contributed by atoms with Crippen LogP contribution in [-0.4, -0.2) is 25.2 Å². The van der Waals surface area contributed by atoms with Crippen LogP contribution in [0.25, 0.3) is 22.3 Å². The highest BCUT2D eigenvalue weighted by Crippen LogP contribution is 2.41. The Kier molecular flexibility index (Phi) is 9.07. The minimum absolute atomic E-state index is 0.0217. The minimum atomic E-state index is -4.62. The lowest BCUT2D eigenvalue weighted by atomic mass is 9.91. The summed E-state index contributed by atoms with van der Waals surface area (Å²) in [7, 11) is 0. The lowest BCUT2D eigenvalue weighted by molar-refractivity contribution is -0.137. The molecule has 0 aliphatic rings. The molecule has 0 fully saturated rings. The Balaban J connectivity index is 1.87. The van der Waals surface area contributed by atoms with E-state index in [1.54, 1.807) is 38.1 Å². The second kappa shape index (κ2) is 12.7.